The van der Waals surface area contributed by atoms with E-state index in [4.69, 9.17) is 16.4 Å². The molecule has 132 valence electrons. The summed E-state index contributed by atoms with van der Waals surface area (Å²) in [5.74, 6) is -0.961. The lowest BCUT2D eigenvalue weighted by molar-refractivity contribution is -0.126. The number of carbonyl (C=O) groups is 1. The topological polar surface area (TPSA) is 53.9 Å². The van der Waals surface area contributed by atoms with Crippen LogP contribution in [0.3, 0.4) is 0 Å². The second-order valence-corrected chi connectivity index (χ2v) is 5.99. The van der Waals surface area contributed by atoms with E-state index in [-0.39, 0.29) is 5.02 Å². The van der Waals surface area contributed by atoms with E-state index in [9.17, 15) is 9.18 Å². The first kappa shape index (κ1) is 18.7. The van der Waals surface area contributed by atoms with Gasteiger partial charge >= 0.3 is 0 Å². The lowest BCUT2D eigenvalue weighted by atomic mass is 10.2. The third-order valence-electron chi connectivity index (χ3n) is 3.39. The highest BCUT2D eigenvalue weighted by molar-refractivity contribution is 6.31. The minimum absolute atomic E-state index is 0.0643. The van der Waals surface area contributed by atoms with Crippen LogP contribution in [0.5, 0.6) is 0 Å². The maximum atomic E-state index is 13.1. The van der Waals surface area contributed by atoms with Crippen molar-refractivity contribution in [3.8, 4) is 0 Å². The Morgan fingerprint density at radius 2 is 1.96 bits per heavy atom. The quantitative estimate of drug-likeness (QED) is 0.625. The fraction of sp³-hybridized carbons (Fsp3) is 0.222. The number of rotatable bonds is 6. The number of anilines is 2. The Balaban J connectivity index is 1.88. The zero-order valence-electron chi connectivity index (χ0n) is 14.2. The molecular weight excluding hydrogens is 345 g/mol. The molecule has 0 bridgehead atoms. The largest absolute Gasteiger partial charge is 0.383 e. The first-order chi connectivity index (χ1) is 11.9. The van der Waals surface area contributed by atoms with E-state index in [0.29, 0.717) is 5.69 Å². The second-order valence-electron chi connectivity index (χ2n) is 5.59. The van der Waals surface area contributed by atoms with Crippen LogP contribution in [0.2, 0.25) is 5.02 Å². The predicted molar refractivity (Wildman–Crippen MR) is 98.9 cm³/mol. The number of carbonyl (C=O) groups excluding carboxylic acids is 1. The molecule has 0 aliphatic rings. The van der Waals surface area contributed by atoms with Crippen LogP contribution < -0.4 is 10.2 Å². The van der Waals surface area contributed by atoms with Crippen molar-refractivity contribution in [1.29, 1.82) is 0 Å². The maximum absolute atomic E-state index is 13.1. The molecule has 2 aromatic rings. The fourth-order valence-electron chi connectivity index (χ4n) is 1.91. The van der Waals surface area contributed by atoms with E-state index >= 15 is 0 Å². The van der Waals surface area contributed by atoms with Crippen LogP contribution in [-0.4, -0.2) is 32.3 Å². The molecule has 0 radical (unpaired) electrons. The summed E-state index contributed by atoms with van der Waals surface area (Å²) in [7, 11) is 3.92. The highest BCUT2D eigenvalue weighted by atomic mass is 35.5. The minimum Gasteiger partial charge on any atom is -0.383 e. The molecule has 0 spiro atoms. The molecule has 0 saturated carbocycles. The van der Waals surface area contributed by atoms with E-state index in [1.54, 1.807) is 6.92 Å². The molecule has 0 saturated heterocycles. The second kappa shape index (κ2) is 8.48. The number of hydrogen-bond acceptors (Lipinski definition) is 4. The van der Waals surface area contributed by atoms with Crippen LogP contribution in [0.4, 0.5) is 15.8 Å². The average Bonchev–Trinajstić information content (AvgIpc) is 2.58. The Morgan fingerprint density at radius 1 is 1.28 bits per heavy atom. The number of oxime groups is 1. The standard InChI is InChI=1S/C18H19ClFN3O2/c1-12(18(24)22-14-6-9-17(20)16(19)10-14)25-21-11-13-4-7-15(8-5-13)23(2)3/h4-12H,1-3H3,(H,22,24)/b21-11+. The molecular formula is C18H19ClFN3O2. The highest BCUT2D eigenvalue weighted by Crippen LogP contribution is 2.19. The van der Waals surface area contributed by atoms with E-state index in [1.807, 2.05) is 43.3 Å². The van der Waals surface area contributed by atoms with Gasteiger partial charge in [-0.3, -0.25) is 4.79 Å². The van der Waals surface area contributed by atoms with Crippen LogP contribution in [0.15, 0.2) is 47.6 Å². The molecule has 0 aliphatic carbocycles. The van der Waals surface area contributed by atoms with Gasteiger partial charge in [0.1, 0.15) is 5.82 Å². The van der Waals surface area contributed by atoms with Crippen LogP contribution >= 0.6 is 11.6 Å². The van der Waals surface area contributed by atoms with Crippen LogP contribution in [-0.2, 0) is 9.63 Å². The van der Waals surface area contributed by atoms with Crippen molar-refractivity contribution in [3.05, 3.63) is 58.9 Å². The number of benzene rings is 2. The van der Waals surface area contributed by atoms with Crippen molar-refractivity contribution in [1.82, 2.24) is 0 Å². The molecule has 1 unspecified atom stereocenters. The van der Waals surface area contributed by atoms with Gasteiger partial charge in [-0.15, -0.1) is 0 Å². The van der Waals surface area contributed by atoms with E-state index in [0.717, 1.165) is 11.3 Å². The molecule has 2 aromatic carbocycles. The SMILES string of the molecule is CC(O/N=C/c1ccc(N(C)C)cc1)C(=O)Nc1ccc(F)c(Cl)c1. The van der Waals surface area contributed by atoms with Gasteiger partial charge in [-0.25, -0.2) is 4.39 Å². The molecule has 1 amide bonds. The number of nitrogens with zero attached hydrogens (tertiary/aromatic N) is 2. The third-order valence-corrected chi connectivity index (χ3v) is 3.68. The summed E-state index contributed by atoms with van der Waals surface area (Å²) < 4.78 is 13.1. The van der Waals surface area contributed by atoms with Crippen LogP contribution in [0.25, 0.3) is 0 Å². The highest BCUT2D eigenvalue weighted by Gasteiger charge is 2.14. The summed E-state index contributed by atoms with van der Waals surface area (Å²) in [5.41, 5.74) is 2.31. The Bertz CT molecular complexity index is 763. The maximum Gasteiger partial charge on any atom is 0.267 e. The zero-order valence-corrected chi connectivity index (χ0v) is 14.9. The van der Waals surface area contributed by atoms with Gasteiger partial charge in [-0.2, -0.15) is 0 Å². The van der Waals surface area contributed by atoms with Crippen molar-refractivity contribution >= 4 is 35.1 Å². The van der Waals surface area contributed by atoms with Crippen molar-refractivity contribution in [2.24, 2.45) is 5.16 Å². The summed E-state index contributed by atoms with van der Waals surface area (Å²) >= 11 is 5.67. The summed E-state index contributed by atoms with van der Waals surface area (Å²) in [5, 5.41) is 6.34. The summed E-state index contributed by atoms with van der Waals surface area (Å²) in [6.45, 7) is 1.56. The Labute approximate surface area is 151 Å². The molecule has 2 rings (SSSR count). The van der Waals surface area contributed by atoms with Crippen LogP contribution in [0.1, 0.15) is 12.5 Å². The van der Waals surface area contributed by atoms with E-state index < -0.39 is 17.8 Å². The molecule has 7 heteroatoms. The minimum atomic E-state index is -0.818. The smallest absolute Gasteiger partial charge is 0.267 e. The Kier molecular flexibility index (Phi) is 6.36. The third kappa shape index (κ3) is 5.46. The molecule has 1 N–H and O–H groups in total. The van der Waals surface area contributed by atoms with Gasteiger partial charge in [0.15, 0.2) is 0 Å². The first-order valence-electron chi connectivity index (χ1n) is 7.59. The number of amides is 1. The number of nitrogens with one attached hydrogen (secondary N) is 1. The Morgan fingerprint density at radius 3 is 2.56 bits per heavy atom. The van der Waals surface area contributed by atoms with E-state index in [1.165, 1.54) is 24.4 Å². The molecule has 25 heavy (non-hydrogen) atoms. The monoisotopic (exact) mass is 363 g/mol. The molecule has 0 heterocycles. The van der Waals surface area contributed by atoms with E-state index in [2.05, 4.69) is 10.5 Å². The van der Waals surface area contributed by atoms with Crippen LogP contribution in [0, 0.1) is 5.82 Å². The van der Waals surface area contributed by atoms with Gasteiger partial charge in [0.2, 0.25) is 6.10 Å². The van der Waals surface area contributed by atoms with Gasteiger partial charge in [0, 0.05) is 25.5 Å². The average molecular weight is 364 g/mol. The first-order valence-corrected chi connectivity index (χ1v) is 7.97. The fourth-order valence-corrected chi connectivity index (χ4v) is 2.09. The summed E-state index contributed by atoms with van der Waals surface area (Å²) in [4.78, 5) is 19.2. The van der Waals surface area contributed by atoms with Gasteiger partial charge in [-0.1, -0.05) is 28.9 Å². The van der Waals surface area contributed by atoms with Crippen molar-refractivity contribution in [2.45, 2.75) is 13.0 Å². The van der Waals surface area contributed by atoms with Gasteiger partial charge < -0.3 is 15.1 Å². The van der Waals surface area contributed by atoms with Crippen molar-refractivity contribution < 1.29 is 14.0 Å². The molecule has 0 aromatic heterocycles. The lowest BCUT2D eigenvalue weighted by Crippen LogP contribution is -2.26. The predicted octanol–water partition coefficient (Wildman–Crippen LogP) is 3.92. The summed E-state index contributed by atoms with van der Waals surface area (Å²) in [6.07, 6.45) is 0.707. The van der Waals surface area contributed by atoms with Gasteiger partial charge in [0.25, 0.3) is 5.91 Å². The zero-order chi connectivity index (χ0) is 18.4. The van der Waals surface area contributed by atoms with Gasteiger partial charge in [0.05, 0.1) is 11.2 Å². The van der Waals surface area contributed by atoms with Crippen molar-refractivity contribution in [3.63, 3.8) is 0 Å². The molecule has 0 aliphatic heterocycles. The molecule has 0 fully saturated rings. The molecule has 1 atom stereocenters. The normalized spacial score (nSPS) is 12.0. The number of hydrogen-bond donors (Lipinski definition) is 1. The van der Waals surface area contributed by atoms with Gasteiger partial charge in [-0.05, 0) is 42.8 Å². The summed E-state index contributed by atoms with van der Waals surface area (Å²) in [6, 6.07) is 11.6. The Hall–Kier alpha value is -2.60. The number of halogens is 2. The van der Waals surface area contributed by atoms with Crippen molar-refractivity contribution in [2.75, 3.05) is 24.3 Å². The lowest BCUT2D eigenvalue weighted by Gasteiger charge is -2.12. The molecule has 5 nitrogen and oxygen atoms in total.